The minimum Gasteiger partial charge on any atom is -0.316 e. The monoisotopic (exact) mass is 357 g/mol. The Hall–Kier alpha value is -1.33. The van der Waals surface area contributed by atoms with Crippen LogP contribution in [-0.2, 0) is 12.8 Å². The maximum absolute atomic E-state index is 13.3. The number of benzene rings is 2. The van der Waals surface area contributed by atoms with Gasteiger partial charge < -0.3 is 5.32 Å². The molecule has 0 bridgehead atoms. The summed E-state index contributed by atoms with van der Waals surface area (Å²) >= 11 is 3.38. The first kappa shape index (κ1) is 16.0. The molecule has 0 radical (unpaired) electrons. The number of nitrogens with one attached hydrogen (secondary N) is 1. The van der Waals surface area contributed by atoms with Gasteiger partial charge in [-0.1, -0.05) is 15.9 Å². The van der Waals surface area contributed by atoms with Gasteiger partial charge in [0.2, 0.25) is 0 Å². The fourth-order valence-electron chi connectivity index (χ4n) is 2.25. The van der Waals surface area contributed by atoms with Crippen LogP contribution in [0.1, 0.15) is 11.1 Å². The summed E-state index contributed by atoms with van der Waals surface area (Å²) in [6.07, 6.45) is 1.00. The molecule has 0 saturated carbocycles. The Labute approximate surface area is 130 Å². The quantitative estimate of drug-likeness (QED) is 0.843. The van der Waals surface area contributed by atoms with Crippen molar-refractivity contribution in [3.05, 3.63) is 69.4 Å². The molecule has 112 valence electrons. The largest absolute Gasteiger partial charge is 0.316 e. The zero-order chi connectivity index (χ0) is 15.4. The van der Waals surface area contributed by atoms with E-state index in [0.717, 1.165) is 16.1 Å². The van der Waals surface area contributed by atoms with Crippen molar-refractivity contribution in [2.75, 3.05) is 7.05 Å². The summed E-state index contributed by atoms with van der Waals surface area (Å²) < 4.78 is 40.5. The average Bonchev–Trinajstić information content (AvgIpc) is 2.41. The number of halogens is 4. The Kier molecular flexibility index (Phi) is 5.42. The first-order valence-electron chi connectivity index (χ1n) is 6.54. The molecule has 1 unspecified atom stereocenters. The minimum absolute atomic E-state index is 0.0516. The van der Waals surface area contributed by atoms with E-state index in [1.807, 2.05) is 0 Å². The fraction of sp³-hybridized carbons (Fsp3) is 0.250. The molecule has 0 saturated heterocycles. The van der Waals surface area contributed by atoms with Crippen LogP contribution in [0.25, 0.3) is 0 Å². The van der Waals surface area contributed by atoms with Gasteiger partial charge in [-0.25, -0.2) is 13.2 Å². The molecular formula is C16H15BrF3N. The van der Waals surface area contributed by atoms with Crippen molar-refractivity contribution >= 4 is 15.9 Å². The Morgan fingerprint density at radius 1 is 0.952 bits per heavy atom. The van der Waals surface area contributed by atoms with Crippen LogP contribution in [0.5, 0.6) is 0 Å². The van der Waals surface area contributed by atoms with Gasteiger partial charge in [0.25, 0.3) is 0 Å². The van der Waals surface area contributed by atoms with Gasteiger partial charge >= 0.3 is 0 Å². The SMILES string of the molecule is CNC(Cc1cc(F)cc(F)c1)Cc1cc(F)ccc1Br. The maximum Gasteiger partial charge on any atom is 0.126 e. The summed E-state index contributed by atoms with van der Waals surface area (Å²) in [5, 5.41) is 3.10. The third-order valence-electron chi connectivity index (χ3n) is 3.29. The molecule has 0 aliphatic heterocycles. The summed E-state index contributed by atoms with van der Waals surface area (Å²) in [5.74, 6) is -1.49. The standard InChI is InChI=1S/C16H15BrF3N/c1-21-15(6-10-4-13(19)9-14(20)5-10)8-11-7-12(18)2-3-16(11)17/h2-5,7,9,15,21H,6,8H2,1H3. The van der Waals surface area contributed by atoms with Gasteiger partial charge in [-0.3, -0.25) is 0 Å². The van der Waals surface area contributed by atoms with Crippen LogP contribution in [0.2, 0.25) is 0 Å². The second-order valence-electron chi connectivity index (χ2n) is 4.91. The van der Waals surface area contributed by atoms with E-state index >= 15 is 0 Å². The molecule has 1 N–H and O–H groups in total. The van der Waals surface area contributed by atoms with Crippen molar-refractivity contribution < 1.29 is 13.2 Å². The molecule has 2 rings (SSSR count). The highest BCUT2D eigenvalue weighted by Gasteiger charge is 2.12. The fourth-order valence-corrected chi connectivity index (χ4v) is 2.66. The summed E-state index contributed by atoms with van der Waals surface area (Å²) in [4.78, 5) is 0. The van der Waals surface area contributed by atoms with E-state index < -0.39 is 11.6 Å². The molecule has 0 amide bonds. The number of hydrogen-bond acceptors (Lipinski definition) is 1. The zero-order valence-electron chi connectivity index (χ0n) is 11.5. The summed E-state index contributed by atoms with van der Waals surface area (Å²) in [7, 11) is 1.77. The lowest BCUT2D eigenvalue weighted by molar-refractivity contribution is 0.540. The maximum atomic E-state index is 13.3. The normalized spacial score (nSPS) is 12.4. The molecule has 0 aliphatic carbocycles. The molecule has 2 aromatic rings. The number of likely N-dealkylation sites (N-methyl/N-ethyl adjacent to an activating group) is 1. The van der Waals surface area contributed by atoms with Crippen LogP contribution >= 0.6 is 15.9 Å². The van der Waals surface area contributed by atoms with Gasteiger partial charge in [0.15, 0.2) is 0 Å². The van der Waals surface area contributed by atoms with E-state index in [9.17, 15) is 13.2 Å². The predicted molar refractivity (Wildman–Crippen MR) is 80.7 cm³/mol. The molecule has 2 aromatic carbocycles. The summed E-state index contributed by atoms with van der Waals surface area (Å²) in [5.41, 5.74) is 1.38. The van der Waals surface area contributed by atoms with E-state index in [0.29, 0.717) is 18.4 Å². The van der Waals surface area contributed by atoms with Crippen molar-refractivity contribution in [2.45, 2.75) is 18.9 Å². The first-order valence-corrected chi connectivity index (χ1v) is 7.33. The second-order valence-corrected chi connectivity index (χ2v) is 5.76. The molecule has 0 spiro atoms. The van der Waals surface area contributed by atoms with Crippen molar-refractivity contribution in [3.63, 3.8) is 0 Å². The molecular weight excluding hydrogens is 343 g/mol. The van der Waals surface area contributed by atoms with Crippen LogP contribution in [0, 0.1) is 17.5 Å². The number of hydrogen-bond donors (Lipinski definition) is 1. The topological polar surface area (TPSA) is 12.0 Å². The molecule has 21 heavy (non-hydrogen) atoms. The zero-order valence-corrected chi connectivity index (χ0v) is 13.1. The van der Waals surface area contributed by atoms with E-state index in [2.05, 4.69) is 21.2 Å². The average molecular weight is 358 g/mol. The van der Waals surface area contributed by atoms with Crippen molar-refractivity contribution in [2.24, 2.45) is 0 Å². The van der Waals surface area contributed by atoms with Crippen LogP contribution < -0.4 is 5.32 Å². The minimum atomic E-state index is -0.591. The van der Waals surface area contributed by atoms with Gasteiger partial charge in [0, 0.05) is 16.6 Å². The molecule has 0 fully saturated rings. The summed E-state index contributed by atoms with van der Waals surface area (Å²) in [6, 6.07) is 7.91. The van der Waals surface area contributed by atoms with E-state index in [-0.39, 0.29) is 11.9 Å². The van der Waals surface area contributed by atoms with Crippen LogP contribution in [0.15, 0.2) is 40.9 Å². The van der Waals surface area contributed by atoms with Gasteiger partial charge in [0.05, 0.1) is 0 Å². The second kappa shape index (κ2) is 7.09. The van der Waals surface area contributed by atoms with Crippen LogP contribution in [-0.4, -0.2) is 13.1 Å². The lowest BCUT2D eigenvalue weighted by Crippen LogP contribution is -2.30. The first-order chi connectivity index (χ1) is 9.97. The molecule has 0 aliphatic rings. The molecule has 0 heterocycles. The highest BCUT2D eigenvalue weighted by Crippen LogP contribution is 2.20. The van der Waals surface area contributed by atoms with Crippen molar-refractivity contribution in [1.29, 1.82) is 0 Å². The third kappa shape index (κ3) is 4.58. The van der Waals surface area contributed by atoms with Gasteiger partial charge in [-0.15, -0.1) is 0 Å². The molecule has 1 atom stereocenters. The lowest BCUT2D eigenvalue weighted by Gasteiger charge is -2.17. The Balaban J connectivity index is 2.14. The van der Waals surface area contributed by atoms with E-state index in [1.54, 1.807) is 13.1 Å². The van der Waals surface area contributed by atoms with Gasteiger partial charge in [-0.2, -0.15) is 0 Å². The Bertz CT molecular complexity index is 611. The van der Waals surface area contributed by atoms with E-state index in [1.165, 1.54) is 24.3 Å². The Morgan fingerprint density at radius 3 is 2.24 bits per heavy atom. The Morgan fingerprint density at radius 2 is 1.62 bits per heavy atom. The van der Waals surface area contributed by atoms with Crippen LogP contribution in [0.4, 0.5) is 13.2 Å². The number of rotatable bonds is 5. The van der Waals surface area contributed by atoms with Gasteiger partial charge in [-0.05, 0) is 61.3 Å². The predicted octanol–water partition coefficient (Wildman–Crippen LogP) is 4.24. The third-order valence-corrected chi connectivity index (χ3v) is 4.06. The smallest absolute Gasteiger partial charge is 0.126 e. The molecule has 1 nitrogen and oxygen atoms in total. The molecule has 0 aromatic heterocycles. The van der Waals surface area contributed by atoms with Crippen molar-refractivity contribution in [1.82, 2.24) is 5.32 Å². The van der Waals surface area contributed by atoms with Crippen molar-refractivity contribution in [3.8, 4) is 0 Å². The highest BCUT2D eigenvalue weighted by molar-refractivity contribution is 9.10. The summed E-state index contributed by atoms with van der Waals surface area (Å²) in [6.45, 7) is 0. The van der Waals surface area contributed by atoms with Crippen LogP contribution in [0.3, 0.4) is 0 Å². The van der Waals surface area contributed by atoms with Gasteiger partial charge in [0.1, 0.15) is 17.5 Å². The molecule has 5 heteroatoms. The highest BCUT2D eigenvalue weighted by atomic mass is 79.9. The van der Waals surface area contributed by atoms with E-state index in [4.69, 9.17) is 0 Å². The lowest BCUT2D eigenvalue weighted by atomic mass is 9.99.